The topological polar surface area (TPSA) is 81.8 Å². The van der Waals surface area contributed by atoms with Gasteiger partial charge in [-0.2, -0.15) is 0 Å². The Morgan fingerprint density at radius 2 is 2.22 bits per heavy atom. The van der Waals surface area contributed by atoms with Crippen LogP contribution in [-0.4, -0.2) is 34.1 Å². The van der Waals surface area contributed by atoms with Crippen LogP contribution in [0.3, 0.4) is 0 Å². The number of nitrogens with one attached hydrogen (secondary N) is 1. The van der Waals surface area contributed by atoms with E-state index >= 15 is 0 Å². The van der Waals surface area contributed by atoms with Crippen molar-refractivity contribution in [2.75, 3.05) is 6.54 Å². The van der Waals surface area contributed by atoms with Gasteiger partial charge in [0.25, 0.3) is 10.0 Å². The van der Waals surface area contributed by atoms with Crippen LogP contribution < -0.4 is 4.72 Å². The summed E-state index contributed by atoms with van der Waals surface area (Å²) < 4.78 is 31.3. The van der Waals surface area contributed by atoms with E-state index in [4.69, 9.17) is 0 Å². The van der Waals surface area contributed by atoms with Gasteiger partial charge >= 0.3 is 0 Å². The van der Waals surface area contributed by atoms with E-state index in [0.717, 1.165) is 31.8 Å². The molecule has 0 bridgehead atoms. The molecule has 2 aromatic rings. The Labute approximate surface area is 136 Å². The van der Waals surface area contributed by atoms with Crippen molar-refractivity contribution < 1.29 is 8.42 Å². The third-order valence-corrected chi connectivity index (χ3v) is 5.36. The van der Waals surface area contributed by atoms with Crippen LogP contribution in [0.15, 0.2) is 29.9 Å². The molecule has 3 heterocycles. The lowest BCUT2D eigenvalue weighted by Crippen LogP contribution is -2.33. The summed E-state index contributed by atoms with van der Waals surface area (Å²) in [6, 6.07) is 0. The minimum absolute atomic E-state index is 0.0947. The molecule has 2 aromatic heterocycles. The van der Waals surface area contributed by atoms with Crippen LogP contribution in [0.25, 0.3) is 0 Å². The molecule has 8 heteroatoms. The molecule has 1 aliphatic heterocycles. The molecule has 0 saturated heterocycles. The van der Waals surface area contributed by atoms with Crippen molar-refractivity contribution in [3.05, 3.63) is 30.7 Å². The van der Waals surface area contributed by atoms with Crippen molar-refractivity contribution in [2.24, 2.45) is 11.8 Å². The van der Waals surface area contributed by atoms with E-state index in [1.54, 1.807) is 18.7 Å². The summed E-state index contributed by atoms with van der Waals surface area (Å²) in [5.74, 6) is 1.81. The Hall–Kier alpha value is -1.67. The number of aromatic nitrogens is 4. The highest BCUT2D eigenvalue weighted by molar-refractivity contribution is 7.89. The standard InChI is InChI=1S/C15H23N5O2S/c1-12(2)8-19-10-15(17-11-19)23(21,22)18-7-13-3-4-14-16-5-6-20(14)9-13/h5-6,10-13,18H,3-4,7-9H2,1-2H3/t13-/m1/s1. The molecule has 23 heavy (non-hydrogen) atoms. The van der Waals surface area contributed by atoms with Crippen LogP contribution in [0.1, 0.15) is 26.1 Å². The van der Waals surface area contributed by atoms with E-state index in [9.17, 15) is 8.42 Å². The van der Waals surface area contributed by atoms with Crippen LogP contribution in [0.2, 0.25) is 0 Å². The number of sulfonamides is 1. The summed E-state index contributed by atoms with van der Waals surface area (Å²) in [4.78, 5) is 8.32. The summed E-state index contributed by atoms with van der Waals surface area (Å²) in [6.07, 6.45) is 8.75. The lowest BCUT2D eigenvalue weighted by atomic mass is 10.00. The monoisotopic (exact) mass is 337 g/mol. The second-order valence-corrected chi connectivity index (χ2v) is 8.27. The van der Waals surface area contributed by atoms with Gasteiger partial charge in [-0.3, -0.25) is 0 Å². The fourth-order valence-corrected chi connectivity index (χ4v) is 3.97. The molecular formula is C15H23N5O2S. The summed E-state index contributed by atoms with van der Waals surface area (Å²) >= 11 is 0. The lowest BCUT2D eigenvalue weighted by molar-refractivity contribution is 0.363. The normalized spacial score (nSPS) is 18.3. The largest absolute Gasteiger partial charge is 0.336 e. The molecule has 3 rings (SSSR count). The minimum Gasteiger partial charge on any atom is -0.336 e. The van der Waals surface area contributed by atoms with Gasteiger partial charge in [0.15, 0.2) is 5.03 Å². The first-order valence-corrected chi connectivity index (χ1v) is 9.44. The quantitative estimate of drug-likeness (QED) is 0.861. The second-order valence-electron chi connectivity index (χ2n) is 6.55. The van der Waals surface area contributed by atoms with Gasteiger partial charge in [-0.25, -0.2) is 23.1 Å². The minimum atomic E-state index is -3.55. The predicted molar refractivity (Wildman–Crippen MR) is 86.3 cm³/mol. The third kappa shape index (κ3) is 3.81. The summed E-state index contributed by atoms with van der Waals surface area (Å²) in [5.41, 5.74) is 0. The Bertz CT molecular complexity index is 762. The summed E-state index contributed by atoms with van der Waals surface area (Å²) in [5, 5.41) is 0.0947. The van der Waals surface area contributed by atoms with Crippen molar-refractivity contribution in [1.29, 1.82) is 0 Å². The zero-order chi connectivity index (χ0) is 16.4. The number of hydrogen-bond acceptors (Lipinski definition) is 4. The highest BCUT2D eigenvalue weighted by Gasteiger charge is 2.23. The first-order valence-electron chi connectivity index (χ1n) is 7.95. The van der Waals surface area contributed by atoms with Crippen molar-refractivity contribution in [2.45, 2.75) is 44.8 Å². The maximum absolute atomic E-state index is 12.4. The molecule has 126 valence electrons. The number of fused-ring (bicyclic) bond motifs is 1. The van der Waals surface area contributed by atoms with Gasteiger partial charge in [-0.15, -0.1) is 0 Å². The Morgan fingerprint density at radius 3 is 3.00 bits per heavy atom. The highest BCUT2D eigenvalue weighted by Crippen LogP contribution is 2.18. The highest BCUT2D eigenvalue weighted by atomic mass is 32.2. The number of rotatable bonds is 6. The van der Waals surface area contributed by atoms with Crippen LogP contribution >= 0.6 is 0 Å². The molecule has 0 aromatic carbocycles. The van der Waals surface area contributed by atoms with Crippen LogP contribution in [0, 0.1) is 11.8 Å². The van der Waals surface area contributed by atoms with Gasteiger partial charge in [-0.1, -0.05) is 13.8 Å². The van der Waals surface area contributed by atoms with E-state index < -0.39 is 10.0 Å². The maximum atomic E-state index is 12.4. The number of nitrogens with zero attached hydrogens (tertiary/aromatic N) is 4. The molecule has 1 atom stereocenters. The number of aryl methyl sites for hydroxylation is 1. The molecule has 0 unspecified atom stereocenters. The predicted octanol–water partition coefficient (Wildman–Crippen LogP) is 1.28. The van der Waals surface area contributed by atoms with Crippen LogP contribution in [0.5, 0.6) is 0 Å². The SMILES string of the molecule is CC(C)Cn1cnc(S(=O)(=O)NC[C@H]2CCc3nccn3C2)c1. The third-order valence-electron chi connectivity index (χ3n) is 4.06. The molecular weight excluding hydrogens is 314 g/mol. The van der Waals surface area contributed by atoms with Crippen LogP contribution in [-0.2, 0) is 29.5 Å². The smallest absolute Gasteiger partial charge is 0.259 e. The summed E-state index contributed by atoms with van der Waals surface area (Å²) in [7, 11) is -3.55. The molecule has 0 spiro atoms. The van der Waals surface area contributed by atoms with Gasteiger partial charge in [0.1, 0.15) is 5.82 Å². The van der Waals surface area contributed by atoms with E-state index in [2.05, 4.69) is 33.1 Å². The van der Waals surface area contributed by atoms with Crippen molar-refractivity contribution in [1.82, 2.24) is 23.8 Å². The zero-order valence-electron chi connectivity index (χ0n) is 13.5. The average molecular weight is 337 g/mol. The van der Waals surface area contributed by atoms with Gasteiger partial charge < -0.3 is 9.13 Å². The van der Waals surface area contributed by atoms with Gasteiger partial charge in [0.05, 0.1) is 6.33 Å². The van der Waals surface area contributed by atoms with Gasteiger partial charge in [-0.05, 0) is 18.3 Å². The fraction of sp³-hybridized carbons (Fsp3) is 0.600. The van der Waals surface area contributed by atoms with E-state index in [-0.39, 0.29) is 10.9 Å². The Morgan fingerprint density at radius 1 is 1.39 bits per heavy atom. The average Bonchev–Trinajstić information content (AvgIpc) is 3.13. The first-order chi connectivity index (χ1) is 10.9. The van der Waals surface area contributed by atoms with Gasteiger partial charge in [0, 0.05) is 44.6 Å². The number of imidazole rings is 2. The molecule has 0 amide bonds. The van der Waals surface area contributed by atoms with Crippen LogP contribution in [0.4, 0.5) is 0 Å². The molecule has 0 saturated carbocycles. The second kappa shape index (κ2) is 6.45. The van der Waals surface area contributed by atoms with Crippen molar-refractivity contribution >= 4 is 10.0 Å². The molecule has 0 radical (unpaired) electrons. The molecule has 0 fully saturated rings. The Balaban J connectivity index is 1.60. The fourth-order valence-electron chi connectivity index (χ4n) is 2.91. The number of hydrogen-bond donors (Lipinski definition) is 1. The van der Waals surface area contributed by atoms with Crippen molar-refractivity contribution in [3.63, 3.8) is 0 Å². The van der Waals surface area contributed by atoms with E-state index in [1.807, 2.05) is 10.8 Å². The van der Waals surface area contributed by atoms with Crippen molar-refractivity contribution in [3.8, 4) is 0 Å². The van der Waals surface area contributed by atoms with E-state index in [0.29, 0.717) is 12.5 Å². The zero-order valence-corrected chi connectivity index (χ0v) is 14.3. The molecule has 7 nitrogen and oxygen atoms in total. The van der Waals surface area contributed by atoms with E-state index in [1.165, 1.54) is 0 Å². The van der Waals surface area contributed by atoms with Gasteiger partial charge in [0.2, 0.25) is 0 Å². The molecule has 1 aliphatic rings. The lowest BCUT2D eigenvalue weighted by Gasteiger charge is -2.23. The molecule has 0 aliphatic carbocycles. The summed E-state index contributed by atoms with van der Waals surface area (Å²) in [6.45, 7) is 6.16. The maximum Gasteiger partial charge on any atom is 0.259 e. The Kier molecular flexibility index (Phi) is 4.54. The first kappa shape index (κ1) is 16.2. The molecule has 1 N–H and O–H groups in total.